The van der Waals surface area contributed by atoms with Gasteiger partial charge in [0.15, 0.2) is 6.61 Å². The predicted octanol–water partition coefficient (Wildman–Crippen LogP) is 3.53. The summed E-state index contributed by atoms with van der Waals surface area (Å²) in [5, 5.41) is 5.80. The van der Waals surface area contributed by atoms with Crippen molar-refractivity contribution in [2.24, 2.45) is 0 Å². The highest BCUT2D eigenvalue weighted by atomic mass is 35.5. The topological polar surface area (TPSA) is 67.4 Å². The van der Waals surface area contributed by atoms with E-state index in [0.29, 0.717) is 15.8 Å². The Morgan fingerprint density at radius 3 is 2.55 bits per heavy atom. The number of imide groups is 1. The summed E-state index contributed by atoms with van der Waals surface area (Å²) in [6.07, 6.45) is 5.34. The molecule has 0 saturated heterocycles. The molecule has 0 aliphatic heterocycles. The molecule has 0 aromatic heterocycles. The molecule has 22 heavy (non-hydrogen) atoms. The lowest BCUT2D eigenvalue weighted by atomic mass is 9.96. The molecule has 2 rings (SSSR count). The van der Waals surface area contributed by atoms with Crippen LogP contribution >= 0.6 is 23.2 Å². The molecule has 0 atom stereocenters. The van der Waals surface area contributed by atoms with Crippen LogP contribution in [0.15, 0.2) is 18.2 Å². The van der Waals surface area contributed by atoms with E-state index in [2.05, 4.69) is 10.6 Å². The SMILES string of the molecule is O=C(COc1ccc(Cl)c(Cl)c1)NC(=O)NC1CCCCC1. The first kappa shape index (κ1) is 16.9. The molecule has 1 saturated carbocycles. The van der Waals surface area contributed by atoms with Crippen molar-refractivity contribution in [3.63, 3.8) is 0 Å². The first-order valence-corrected chi connectivity index (χ1v) is 7.98. The molecule has 0 bridgehead atoms. The van der Waals surface area contributed by atoms with Crippen LogP contribution in [0.25, 0.3) is 0 Å². The van der Waals surface area contributed by atoms with E-state index in [9.17, 15) is 9.59 Å². The Balaban J connectivity index is 1.72. The number of hydrogen-bond acceptors (Lipinski definition) is 3. The Kier molecular flexibility index (Phi) is 6.34. The van der Waals surface area contributed by atoms with Crippen molar-refractivity contribution in [2.75, 3.05) is 6.61 Å². The summed E-state index contributed by atoms with van der Waals surface area (Å²) in [6.45, 7) is -0.268. The molecule has 3 amide bonds. The van der Waals surface area contributed by atoms with E-state index in [4.69, 9.17) is 27.9 Å². The molecule has 0 unspecified atom stereocenters. The molecular weight excluding hydrogens is 327 g/mol. The van der Waals surface area contributed by atoms with Crippen LogP contribution in [0.2, 0.25) is 10.0 Å². The number of carbonyl (C=O) groups is 2. The van der Waals surface area contributed by atoms with Gasteiger partial charge in [-0.1, -0.05) is 42.5 Å². The third-order valence-electron chi connectivity index (χ3n) is 3.45. The third-order valence-corrected chi connectivity index (χ3v) is 4.19. The maximum Gasteiger partial charge on any atom is 0.321 e. The van der Waals surface area contributed by atoms with Crippen molar-refractivity contribution in [1.29, 1.82) is 0 Å². The molecule has 1 aromatic carbocycles. The van der Waals surface area contributed by atoms with Gasteiger partial charge in [0.2, 0.25) is 0 Å². The zero-order chi connectivity index (χ0) is 15.9. The smallest absolute Gasteiger partial charge is 0.321 e. The molecule has 7 heteroatoms. The normalized spacial score (nSPS) is 15.2. The van der Waals surface area contributed by atoms with Crippen LogP contribution in [0.3, 0.4) is 0 Å². The number of nitrogens with one attached hydrogen (secondary N) is 2. The zero-order valence-electron chi connectivity index (χ0n) is 12.0. The predicted molar refractivity (Wildman–Crippen MR) is 85.5 cm³/mol. The molecule has 0 spiro atoms. The van der Waals surface area contributed by atoms with E-state index in [1.54, 1.807) is 12.1 Å². The van der Waals surface area contributed by atoms with E-state index >= 15 is 0 Å². The molecule has 1 aliphatic rings. The Morgan fingerprint density at radius 1 is 1.14 bits per heavy atom. The van der Waals surface area contributed by atoms with Gasteiger partial charge >= 0.3 is 6.03 Å². The number of amides is 3. The van der Waals surface area contributed by atoms with Gasteiger partial charge < -0.3 is 10.1 Å². The van der Waals surface area contributed by atoms with Crippen molar-refractivity contribution in [1.82, 2.24) is 10.6 Å². The minimum atomic E-state index is -0.514. The molecule has 1 fully saturated rings. The van der Waals surface area contributed by atoms with E-state index in [-0.39, 0.29) is 12.6 Å². The summed E-state index contributed by atoms with van der Waals surface area (Å²) < 4.78 is 5.26. The monoisotopic (exact) mass is 344 g/mol. The van der Waals surface area contributed by atoms with Crippen LogP contribution in [0.1, 0.15) is 32.1 Å². The van der Waals surface area contributed by atoms with Crippen LogP contribution in [-0.4, -0.2) is 24.6 Å². The second-order valence-electron chi connectivity index (χ2n) is 5.22. The first-order valence-electron chi connectivity index (χ1n) is 7.23. The van der Waals surface area contributed by atoms with Crippen LogP contribution < -0.4 is 15.4 Å². The van der Waals surface area contributed by atoms with Crippen molar-refractivity contribution in [2.45, 2.75) is 38.1 Å². The number of benzene rings is 1. The average molecular weight is 345 g/mol. The van der Waals surface area contributed by atoms with Crippen molar-refractivity contribution in [3.05, 3.63) is 28.2 Å². The highest BCUT2D eigenvalue weighted by Crippen LogP contribution is 2.26. The van der Waals surface area contributed by atoms with Crippen LogP contribution in [0, 0.1) is 0 Å². The lowest BCUT2D eigenvalue weighted by molar-refractivity contribution is -0.122. The lowest BCUT2D eigenvalue weighted by Gasteiger charge is -2.22. The molecule has 120 valence electrons. The Labute approximate surface area is 139 Å². The van der Waals surface area contributed by atoms with Gasteiger partial charge in [0, 0.05) is 12.1 Å². The van der Waals surface area contributed by atoms with Crippen LogP contribution in [0.5, 0.6) is 5.75 Å². The van der Waals surface area contributed by atoms with E-state index < -0.39 is 11.9 Å². The fraction of sp³-hybridized carbons (Fsp3) is 0.467. The summed E-state index contributed by atoms with van der Waals surface area (Å²) in [7, 11) is 0. The van der Waals surface area contributed by atoms with Gasteiger partial charge in [-0.2, -0.15) is 0 Å². The fourth-order valence-corrected chi connectivity index (χ4v) is 2.63. The fourth-order valence-electron chi connectivity index (χ4n) is 2.35. The Morgan fingerprint density at radius 2 is 1.86 bits per heavy atom. The van der Waals surface area contributed by atoms with Crippen molar-refractivity contribution in [3.8, 4) is 5.75 Å². The second kappa shape index (κ2) is 8.25. The number of ether oxygens (including phenoxy) is 1. The van der Waals surface area contributed by atoms with E-state index in [0.717, 1.165) is 25.7 Å². The Hall–Kier alpha value is -1.46. The molecule has 1 aromatic rings. The van der Waals surface area contributed by atoms with Crippen LogP contribution in [0.4, 0.5) is 4.79 Å². The number of hydrogen-bond donors (Lipinski definition) is 2. The summed E-state index contributed by atoms with van der Waals surface area (Å²) in [4.78, 5) is 23.4. The van der Waals surface area contributed by atoms with Gasteiger partial charge in [0.25, 0.3) is 5.91 Å². The maximum atomic E-state index is 11.7. The quantitative estimate of drug-likeness (QED) is 0.877. The third kappa shape index (κ3) is 5.39. The lowest BCUT2D eigenvalue weighted by Crippen LogP contribution is -2.46. The standard InChI is InChI=1S/C15H18Cl2N2O3/c16-12-7-6-11(8-13(12)17)22-9-14(20)19-15(21)18-10-4-2-1-3-5-10/h6-8,10H,1-5,9H2,(H2,18,19,20,21). The molecular formula is C15H18Cl2N2O3. The average Bonchev–Trinajstić information content (AvgIpc) is 2.49. The van der Waals surface area contributed by atoms with Gasteiger partial charge in [0.1, 0.15) is 5.75 Å². The highest BCUT2D eigenvalue weighted by Gasteiger charge is 2.17. The second-order valence-corrected chi connectivity index (χ2v) is 6.04. The molecule has 2 N–H and O–H groups in total. The van der Waals surface area contributed by atoms with Gasteiger partial charge in [0.05, 0.1) is 10.0 Å². The minimum Gasteiger partial charge on any atom is -0.484 e. The van der Waals surface area contributed by atoms with Crippen LogP contribution in [-0.2, 0) is 4.79 Å². The Bertz CT molecular complexity index is 546. The zero-order valence-corrected chi connectivity index (χ0v) is 13.5. The van der Waals surface area contributed by atoms with Gasteiger partial charge in [-0.15, -0.1) is 0 Å². The van der Waals surface area contributed by atoms with E-state index in [1.165, 1.54) is 12.5 Å². The molecule has 5 nitrogen and oxygen atoms in total. The number of carbonyl (C=O) groups excluding carboxylic acids is 2. The van der Waals surface area contributed by atoms with Gasteiger partial charge in [-0.05, 0) is 25.0 Å². The summed E-state index contributed by atoms with van der Waals surface area (Å²) in [5.41, 5.74) is 0. The summed E-state index contributed by atoms with van der Waals surface area (Å²) >= 11 is 11.6. The van der Waals surface area contributed by atoms with Gasteiger partial charge in [-0.3, -0.25) is 10.1 Å². The first-order chi connectivity index (χ1) is 10.5. The molecule has 0 heterocycles. The highest BCUT2D eigenvalue weighted by molar-refractivity contribution is 6.42. The van der Waals surface area contributed by atoms with Crippen molar-refractivity contribution >= 4 is 35.1 Å². The summed E-state index contributed by atoms with van der Waals surface area (Å²) in [5.74, 6) is -0.100. The number of halogens is 2. The largest absolute Gasteiger partial charge is 0.484 e. The maximum absolute atomic E-state index is 11.7. The van der Waals surface area contributed by atoms with E-state index in [1.807, 2.05) is 0 Å². The molecule has 1 aliphatic carbocycles. The summed E-state index contributed by atoms with van der Waals surface area (Å²) in [6, 6.07) is 4.36. The molecule has 0 radical (unpaired) electrons. The van der Waals surface area contributed by atoms with Gasteiger partial charge in [-0.25, -0.2) is 4.79 Å². The number of rotatable bonds is 4. The van der Waals surface area contributed by atoms with Crippen molar-refractivity contribution < 1.29 is 14.3 Å². The minimum absolute atomic E-state index is 0.151. The number of urea groups is 1.